The quantitative estimate of drug-likeness (QED) is 0.827. The van der Waals surface area contributed by atoms with E-state index >= 15 is 0 Å². The molecule has 1 aromatic rings. The zero-order valence-electron chi connectivity index (χ0n) is 12.5. The highest BCUT2D eigenvalue weighted by Gasteiger charge is 2.38. The van der Waals surface area contributed by atoms with Gasteiger partial charge in [0.2, 0.25) is 0 Å². The van der Waals surface area contributed by atoms with Crippen LogP contribution in [0, 0.1) is 0 Å². The minimum absolute atomic E-state index is 0.0705. The number of nitrogens with zero attached hydrogens (tertiary/aromatic N) is 3. The Morgan fingerprint density at radius 1 is 1.64 bits per heavy atom. The molecule has 2 aliphatic heterocycles. The predicted octanol–water partition coefficient (Wildman–Crippen LogP) is 0.801. The number of nitrogens with one attached hydrogen (secondary N) is 1. The van der Waals surface area contributed by atoms with Gasteiger partial charge in [0.05, 0.1) is 25.0 Å². The Morgan fingerprint density at radius 3 is 3.14 bits per heavy atom. The Labute approximate surface area is 127 Å². The second kappa shape index (κ2) is 5.98. The number of Topliss-reactive ketones (excluding diaryl/α,β-unsaturated/α-hetero) is 1. The molecule has 8 heteroatoms. The van der Waals surface area contributed by atoms with E-state index in [0.29, 0.717) is 23.8 Å². The number of anilines is 1. The van der Waals surface area contributed by atoms with Crippen molar-refractivity contribution in [3.8, 4) is 0 Å². The fourth-order valence-electron chi connectivity index (χ4n) is 2.88. The monoisotopic (exact) mass is 306 g/mol. The van der Waals surface area contributed by atoms with E-state index in [-0.39, 0.29) is 37.1 Å². The standard InChI is InChI=1S/C14H18N4O4/c1-15-11-5-8(20)13-14(17-11)18(7-16-13)12-6-10(21-2)9(22-12)3-4-19/h4,7,9-10,12H,3,5-6H2,1-2H3,(H,15,17). The first-order valence-electron chi connectivity index (χ1n) is 7.12. The van der Waals surface area contributed by atoms with Crippen molar-refractivity contribution in [1.29, 1.82) is 0 Å². The number of aliphatic imine (C=N–C) groups is 1. The number of ether oxygens (including phenoxy) is 2. The SMILES string of the molecule is CN=C1CC(=O)c2ncn(C3CC(OC)C(CC=O)O3)c2N1. The lowest BCUT2D eigenvalue weighted by Gasteiger charge is -2.20. The van der Waals surface area contributed by atoms with Crippen molar-refractivity contribution < 1.29 is 19.1 Å². The normalized spacial score (nSPS) is 29.5. The molecule has 3 unspecified atom stereocenters. The predicted molar refractivity (Wildman–Crippen MR) is 78.2 cm³/mol. The summed E-state index contributed by atoms with van der Waals surface area (Å²) in [6, 6.07) is 0. The van der Waals surface area contributed by atoms with Crippen LogP contribution >= 0.6 is 0 Å². The molecule has 22 heavy (non-hydrogen) atoms. The number of hydrogen-bond acceptors (Lipinski definition) is 6. The fourth-order valence-corrected chi connectivity index (χ4v) is 2.88. The lowest BCUT2D eigenvalue weighted by atomic mass is 10.1. The van der Waals surface area contributed by atoms with Gasteiger partial charge in [-0.2, -0.15) is 0 Å². The minimum Gasteiger partial charge on any atom is -0.379 e. The van der Waals surface area contributed by atoms with Gasteiger partial charge in [0.25, 0.3) is 0 Å². The van der Waals surface area contributed by atoms with Crippen LogP contribution < -0.4 is 5.32 Å². The molecule has 3 heterocycles. The van der Waals surface area contributed by atoms with E-state index in [0.717, 1.165) is 6.29 Å². The van der Waals surface area contributed by atoms with Crippen molar-refractivity contribution in [2.45, 2.75) is 37.7 Å². The van der Waals surface area contributed by atoms with Gasteiger partial charge in [0.1, 0.15) is 29.9 Å². The Kier molecular flexibility index (Phi) is 4.04. The molecule has 0 saturated carbocycles. The van der Waals surface area contributed by atoms with Crippen LogP contribution in [0.2, 0.25) is 0 Å². The number of hydrogen-bond donors (Lipinski definition) is 1. The molecule has 1 saturated heterocycles. The molecule has 0 spiro atoms. The maximum atomic E-state index is 12.1. The number of ketones is 1. The molecule has 2 aliphatic rings. The number of aldehydes is 1. The van der Waals surface area contributed by atoms with Crippen LogP contribution in [0.25, 0.3) is 0 Å². The van der Waals surface area contributed by atoms with Gasteiger partial charge in [-0.15, -0.1) is 0 Å². The van der Waals surface area contributed by atoms with E-state index in [1.54, 1.807) is 25.1 Å². The summed E-state index contributed by atoms with van der Waals surface area (Å²) in [6.07, 6.45) is 2.71. The van der Waals surface area contributed by atoms with Gasteiger partial charge in [-0.3, -0.25) is 14.4 Å². The van der Waals surface area contributed by atoms with E-state index < -0.39 is 0 Å². The maximum Gasteiger partial charge on any atom is 0.192 e. The van der Waals surface area contributed by atoms with Crippen LogP contribution in [0.5, 0.6) is 0 Å². The maximum absolute atomic E-state index is 12.1. The molecule has 0 bridgehead atoms. The zero-order chi connectivity index (χ0) is 15.7. The number of carbonyl (C=O) groups excluding carboxylic acids is 2. The average Bonchev–Trinajstić information content (AvgIpc) is 3.11. The van der Waals surface area contributed by atoms with E-state index in [9.17, 15) is 9.59 Å². The van der Waals surface area contributed by atoms with Gasteiger partial charge < -0.3 is 19.6 Å². The summed E-state index contributed by atoms with van der Waals surface area (Å²) in [4.78, 5) is 31.0. The highest BCUT2D eigenvalue weighted by molar-refractivity contribution is 6.19. The molecule has 0 amide bonds. The van der Waals surface area contributed by atoms with E-state index in [1.807, 2.05) is 0 Å². The molecular weight excluding hydrogens is 288 g/mol. The number of fused-ring (bicyclic) bond motifs is 1. The molecule has 0 aromatic carbocycles. The molecule has 0 radical (unpaired) electrons. The fraction of sp³-hybridized carbons (Fsp3) is 0.571. The minimum atomic E-state index is -0.331. The second-order valence-electron chi connectivity index (χ2n) is 5.29. The summed E-state index contributed by atoms with van der Waals surface area (Å²) in [6.45, 7) is 0. The highest BCUT2D eigenvalue weighted by atomic mass is 16.6. The summed E-state index contributed by atoms with van der Waals surface area (Å²) in [5.41, 5.74) is 0.392. The number of imidazole rings is 1. The van der Waals surface area contributed by atoms with Crippen LogP contribution in [0.15, 0.2) is 11.3 Å². The van der Waals surface area contributed by atoms with Crippen molar-refractivity contribution in [2.24, 2.45) is 4.99 Å². The van der Waals surface area contributed by atoms with Crippen LogP contribution in [-0.2, 0) is 14.3 Å². The van der Waals surface area contributed by atoms with Gasteiger partial charge in [-0.1, -0.05) is 0 Å². The topological polar surface area (TPSA) is 94.8 Å². The van der Waals surface area contributed by atoms with E-state index in [4.69, 9.17) is 9.47 Å². The lowest BCUT2D eigenvalue weighted by Crippen LogP contribution is -2.27. The molecule has 3 atom stereocenters. The van der Waals surface area contributed by atoms with Crippen molar-refractivity contribution in [3.63, 3.8) is 0 Å². The van der Waals surface area contributed by atoms with Crippen LogP contribution in [0.3, 0.4) is 0 Å². The van der Waals surface area contributed by atoms with Gasteiger partial charge in [-0.25, -0.2) is 4.98 Å². The highest BCUT2D eigenvalue weighted by Crippen LogP contribution is 2.35. The Morgan fingerprint density at radius 2 is 2.45 bits per heavy atom. The first kappa shape index (κ1) is 14.9. The number of aromatic nitrogens is 2. The zero-order valence-corrected chi connectivity index (χ0v) is 12.5. The molecule has 0 aliphatic carbocycles. The summed E-state index contributed by atoms with van der Waals surface area (Å²) in [7, 11) is 3.23. The summed E-state index contributed by atoms with van der Waals surface area (Å²) >= 11 is 0. The largest absolute Gasteiger partial charge is 0.379 e. The van der Waals surface area contributed by atoms with Gasteiger partial charge in [0, 0.05) is 27.0 Å². The summed E-state index contributed by atoms with van der Waals surface area (Å²) in [5, 5.41) is 3.12. The third-order valence-electron chi connectivity index (χ3n) is 4.04. The Balaban J connectivity index is 1.88. The van der Waals surface area contributed by atoms with E-state index in [2.05, 4.69) is 15.3 Å². The Bertz CT molecular complexity index is 624. The molecular formula is C14H18N4O4. The lowest BCUT2D eigenvalue weighted by molar-refractivity contribution is -0.112. The third-order valence-corrected chi connectivity index (χ3v) is 4.04. The molecule has 1 N–H and O–H groups in total. The van der Waals surface area contributed by atoms with E-state index in [1.165, 1.54) is 0 Å². The summed E-state index contributed by atoms with van der Waals surface area (Å²) < 4.78 is 13.1. The average molecular weight is 306 g/mol. The first-order chi connectivity index (χ1) is 10.7. The van der Waals surface area contributed by atoms with Crippen LogP contribution in [0.1, 0.15) is 36.0 Å². The van der Waals surface area contributed by atoms with Gasteiger partial charge in [-0.05, 0) is 0 Å². The van der Waals surface area contributed by atoms with Gasteiger partial charge >= 0.3 is 0 Å². The summed E-state index contributed by atoms with van der Waals surface area (Å²) in [5.74, 6) is 1.12. The molecule has 118 valence electrons. The molecule has 3 rings (SSSR count). The number of methoxy groups -OCH3 is 1. The number of carbonyl (C=O) groups is 2. The van der Waals surface area contributed by atoms with Crippen LogP contribution in [0.4, 0.5) is 5.82 Å². The smallest absolute Gasteiger partial charge is 0.192 e. The van der Waals surface area contributed by atoms with Crippen molar-refractivity contribution in [3.05, 3.63) is 12.0 Å². The third kappa shape index (κ3) is 2.44. The second-order valence-corrected chi connectivity index (χ2v) is 5.29. The molecule has 1 aromatic heterocycles. The Hall–Kier alpha value is -2.06. The number of rotatable bonds is 4. The first-order valence-corrected chi connectivity index (χ1v) is 7.12. The van der Waals surface area contributed by atoms with Crippen molar-refractivity contribution in [1.82, 2.24) is 9.55 Å². The number of amidine groups is 1. The van der Waals surface area contributed by atoms with Crippen molar-refractivity contribution >= 4 is 23.7 Å². The van der Waals surface area contributed by atoms with Crippen LogP contribution in [-0.4, -0.2) is 53.8 Å². The molecule has 1 fully saturated rings. The van der Waals surface area contributed by atoms with Gasteiger partial charge in [0.15, 0.2) is 5.78 Å². The van der Waals surface area contributed by atoms with Crippen molar-refractivity contribution in [2.75, 3.05) is 19.5 Å². The molecule has 8 nitrogen and oxygen atoms in total.